The third kappa shape index (κ3) is 4.26. The van der Waals surface area contributed by atoms with Crippen LogP contribution >= 0.6 is 0 Å². The SMILES string of the molecule is CNC(Cc1cc(F)cc(F)c1)Cc1ccccc1OC. The molecule has 2 nitrogen and oxygen atoms in total. The minimum Gasteiger partial charge on any atom is -0.496 e. The highest BCUT2D eigenvalue weighted by molar-refractivity contribution is 5.34. The van der Waals surface area contributed by atoms with Crippen LogP contribution in [0.4, 0.5) is 8.78 Å². The molecule has 0 radical (unpaired) electrons. The van der Waals surface area contributed by atoms with Gasteiger partial charge in [-0.3, -0.25) is 0 Å². The van der Waals surface area contributed by atoms with Gasteiger partial charge in [0.05, 0.1) is 7.11 Å². The first-order chi connectivity index (χ1) is 10.1. The Balaban J connectivity index is 2.13. The Kier molecular flexibility index (Phi) is 5.28. The van der Waals surface area contributed by atoms with Crippen LogP contribution in [0.2, 0.25) is 0 Å². The van der Waals surface area contributed by atoms with Gasteiger partial charge in [0.15, 0.2) is 0 Å². The smallest absolute Gasteiger partial charge is 0.126 e. The van der Waals surface area contributed by atoms with Crippen molar-refractivity contribution in [2.24, 2.45) is 0 Å². The number of nitrogens with one attached hydrogen (secondary N) is 1. The predicted octanol–water partition coefficient (Wildman–Crippen LogP) is 3.35. The Morgan fingerprint density at radius 3 is 2.33 bits per heavy atom. The molecule has 1 N–H and O–H groups in total. The molecule has 1 atom stereocenters. The molecule has 0 heterocycles. The molecular formula is C17H19F2NO. The number of hydrogen-bond donors (Lipinski definition) is 1. The van der Waals surface area contributed by atoms with Crippen molar-refractivity contribution in [1.82, 2.24) is 5.32 Å². The van der Waals surface area contributed by atoms with Gasteiger partial charge in [0.1, 0.15) is 17.4 Å². The van der Waals surface area contributed by atoms with Crippen LogP contribution in [0.3, 0.4) is 0 Å². The molecule has 2 rings (SSSR count). The van der Waals surface area contributed by atoms with Gasteiger partial charge in [-0.1, -0.05) is 18.2 Å². The van der Waals surface area contributed by atoms with E-state index in [1.165, 1.54) is 12.1 Å². The fourth-order valence-electron chi connectivity index (χ4n) is 2.43. The molecule has 0 aromatic heterocycles. The van der Waals surface area contributed by atoms with Crippen molar-refractivity contribution in [2.75, 3.05) is 14.2 Å². The van der Waals surface area contributed by atoms with Crippen molar-refractivity contribution < 1.29 is 13.5 Å². The van der Waals surface area contributed by atoms with Crippen LogP contribution in [0.1, 0.15) is 11.1 Å². The highest BCUT2D eigenvalue weighted by Crippen LogP contribution is 2.20. The highest BCUT2D eigenvalue weighted by Gasteiger charge is 2.12. The standard InChI is InChI=1S/C17H19F2NO/c1-20-16(9-12-7-14(18)11-15(19)8-12)10-13-5-3-4-6-17(13)21-2/h3-8,11,16,20H,9-10H2,1-2H3. The van der Waals surface area contributed by atoms with E-state index in [-0.39, 0.29) is 6.04 Å². The molecule has 1 unspecified atom stereocenters. The van der Waals surface area contributed by atoms with Gasteiger partial charge in [-0.05, 0) is 49.2 Å². The lowest BCUT2D eigenvalue weighted by molar-refractivity contribution is 0.405. The van der Waals surface area contributed by atoms with E-state index in [0.29, 0.717) is 12.0 Å². The summed E-state index contributed by atoms with van der Waals surface area (Å²) in [5, 5.41) is 3.19. The molecule has 0 saturated heterocycles. The average Bonchev–Trinajstić information content (AvgIpc) is 2.46. The Morgan fingerprint density at radius 1 is 1.05 bits per heavy atom. The lowest BCUT2D eigenvalue weighted by Crippen LogP contribution is -2.30. The van der Waals surface area contributed by atoms with Crippen molar-refractivity contribution in [1.29, 1.82) is 0 Å². The first kappa shape index (κ1) is 15.4. The molecule has 0 aliphatic carbocycles. The van der Waals surface area contributed by atoms with E-state index in [0.717, 1.165) is 23.8 Å². The normalized spacial score (nSPS) is 12.2. The molecule has 0 amide bonds. The minimum absolute atomic E-state index is 0.0718. The number of halogens is 2. The Morgan fingerprint density at radius 2 is 1.71 bits per heavy atom. The van der Waals surface area contributed by atoms with E-state index < -0.39 is 11.6 Å². The van der Waals surface area contributed by atoms with Crippen molar-refractivity contribution in [2.45, 2.75) is 18.9 Å². The number of benzene rings is 2. The molecule has 0 aliphatic rings. The Bertz CT molecular complexity index is 581. The molecule has 0 spiro atoms. The van der Waals surface area contributed by atoms with Crippen LogP contribution in [-0.4, -0.2) is 20.2 Å². The average molecular weight is 291 g/mol. The summed E-state index contributed by atoms with van der Waals surface area (Å²) in [6.07, 6.45) is 1.27. The largest absolute Gasteiger partial charge is 0.496 e. The van der Waals surface area contributed by atoms with Gasteiger partial charge in [-0.2, -0.15) is 0 Å². The zero-order valence-electron chi connectivity index (χ0n) is 12.2. The number of likely N-dealkylation sites (N-methyl/N-ethyl adjacent to an activating group) is 1. The molecule has 2 aromatic carbocycles. The Labute approximate surface area is 123 Å². The summed E-state index contributed by atoms with van der Waals surface area (Å²) in [6, 6.07) is 11.5. The zero-order valence-corrected chi connectivity index (χ0v) is 12.2. The van der Waals surface area contributed by atoms with Crippen LogP contribution in [0.5, 0.6) is 5.75 Å². The lowest BCUT2D eigenvalue weighted by atomic mass is 9.98. The van der Waals surface area contributed by atoms with E-state index in [1.54, 1.807) is 7.11 Å². The highest BCUT2D eigenvalue weighted by atomic mass is 19.1. The molecule has 0 bridgehead atoms. The minimum atomic E-state index is -0.544. The topological polar surface area (TPSA) is 21.3 Å². The van der Waals surface area contributed by atoms with Gasteiger partial charge in [-0.25, -0.2) is 8.78 Å². The second-order valence-electron chi connectivity index (χ2n) is 4.98. The first-order valence-electron chi connectivity index (χ1n) is 6.86. The van der Waals surface area contributed by atoms with E-state index in [9.17, 15) is 8.78 Å². The summed E-state index contributed by atoms with van der Waals surface area (Å²) < 4.78 is 31.8. The van der Waals surface area contributed by atoms with Crippen molar-refractivity contribution in [3.05, 3.63) is 65.2 Å². The summed E-state index contributed by atoms with van der Waals surface area (Å²) in [6.45, 7) is 0. The third-order valence-electron chi connectivity index (χ3n) is 3.47. The fraction of sp³-hybridized carbons (Fsp3) is 0.294. The van der Waals surface area contributed by atoms with Crippen molar-refractivity contribution in [3.8, 4) is 5.75 Å². The second-order valence-corrected chi connectivity index (χ2v) is 4.98. The van der Waals surface area contributed by atoms with Gasteiger partial charge in [0.25, 0.3) is 0 Å². The zero-order chi connectivity index (χ0) is 15.2. The van der Waals surface area contributed by atoms with Gasteiger partial charge >= 0.3 is 0 Å². The monoisotopic (exact) mass is 291 g/mol. The lowest BCUT2D eigenvalue weighted by Gasteiger charge is -2.18. The number of para-hydroxylation sites is 1. The van der Waals surface area contributed by atoms with Crippen LogP contribution in [0.25, 0.3) is 0 Å². The van der Waals surface area contributed by atoms with E-state index >= 15 is 0 Å². The summed E-state index contributed by atoms with van der Waals surface area (Å²) in [4.78, 5) is 0. The summed E-state index contributed by atoms with van der Waals surface area (Å²) in [5.74, 6) is -0.266. The maximum absolute atomic E-state index is 13.2. The van der Waals surface area contributed by atoms with E-state index in [4.69, 9.17) is 4.74 Å². The molecule has 2 aromatic rings. The molecule has 0 aliphatic heterocycles. The third-order valence-corrected chi connectivity index (χ3v) is 3.47. The molecule has 112 valence electrons. The van der Waals surface area contributed by atoms with Crippen LogP contribution in [0, 0.1) is 11.6 Å². The maximum Gasteiger partial charge on any atom is 0.126 e. The number of hydrogen-bond acceptors (Lipinski definition) is 2. The first-order valence-corrected chi connectivity index (χ1v) is 6.86. The van der Waals surface area contributed by atoms with Gasteiger partial charge in [-0.15, -0.1) is 0 Å². The van der Waals surface area contributed by atoms with Crippen molar-refractivity contribution in [3.63, 3.8) is 0 Å². The summed E-state index contributed by atoms with van der Waals surface area (Å²) >= 11 is 0. The Hall–Kier alpha value is -1.94. The van der Waals surface area contributed by atoms with Crippen molar-refractivity contribution >= 4 is 0 Å². The molecular weight excluding hydrogens is 272 g/mol. The molecule has 21 heavy (non-hydrogen) atoms. The number of methoxy groups -OCH3 is 1. The van der Waals surface area contributed by atoms with Crippen LogP contribution in [0.15, 0.2) is 42.5 Å². The second kappa shape index (κ2) is 7.18. The van der Waals surface area contributed by atoms with Crippen LogP contribution in [-0.2, 0) is 12.8 Å². The summed E-state index contributed by atoms with van der Waals surface area (Å²) in [7, 11) is 3.48. The van der Waals surface area contributed by atoms with Gasteiger partial charge in [0.2, 0.25) is 0 Å². The number of ether oxygens (including phenoxy) is 1. The molecule has 0 fully saturated rings. The molecule has 0 saturated carbocycles. The molecule has 4 heteroatoms. The quantitative estimate of drug-likeness (QED) is 0.881. The maximum atomic E-state index is 13.2. The predicted molar refractivity (Wildman–Crippen MR) is 79.6 cm³/mol. The fourth-order valence-corrected chi connectivity index (χ4v) is 2.43. The summed E-state index contributed by atoms with van der Waals surface area (Å²) in [5.41, 5.74) is 1.71. The van der Waals surface area contributed by atoms with Crippen LogP contribution < -0.4 is 10.1 Å². The van der Waals surface area contributed by atoms with Gasteiger partial charge < -0.3 is 10.1 Å². The number of rotatable bonds is 6. The van der Waals surface area contributed by atoms with Gasteiger partial charge in [0, 0.05) is 12.1 Å². The van der Waals surface area contributed by atoms with E-state index in [2.05, 4.69) is 5.32 Å². The van der Waals surface area contributed by atoms with E-state index in [1.807, 2.05) is 31.3 Å².